The number of aliphatic carboxylic acids is 1. The van der Waals surface area contributed by atoms with E-state index in [1.165, 1.54) is 18.2 Å². The van der Waals surface area contributed by atoms with Crippen molar-refractivity contribution in [2.45, 2.75) is 32.2 Å². The van der Waals surface area contributed by atoms with Gasteiger partial charge in [-0.25, -0.2) is 9.18 Å². The van der Waals surface area contributed by atoms with Crippen LogP contribution in [0.5, 0.6) is 0 Å². The fraction of sp³-hybridized carbons (Fsp3) is 0.385. The average molecular weight is 288 g/mol. The first kappa shape index (κ1) is 15.4. The summed E-state index contributed by atoms with van der Waals surface area (Å²) in [5, 5.41) is 11.4. The number of rotatable bonds is 6. The Balaban J connectivity index is 2.72. The molecule has 0 aliphatic carbocycles. The third-order valence-electron chi connectivity index (χ3n) is 2.61. The molecule has 1 rings (SSSR count). The van der Waals surface area contributed by atoms with Crippen LogP contribution in [0.4, 0.5) is 4.39 Å². The standard InChI is InChI=1S/C13H15ClFNO3/c1-2-4-11(13(18)19)16-12(17)7-8-9(14)5-3-6-10(8)15/h3,5-6,11H,2,4,7H2,1H3,(H,16,17)(H,18,19). The fourth-order valence-electron chi connectivity index (χ4n) is 1.65. The van der Waals surface area contributed by atoms with Crippen LogP contribution in [0.2, 0.25) is 5.02 Å². The highest BCUT2D eigenvalue weighted by Gasteiger charge is 2.20. The number of hydrogen-bond donors (Lipinski definition) is 2. The maximum absolute atomic E-state index is 13.5. The summed E-state index contributed by atoms with van der Waals surface area (Å²) >= 11 is 5.80. The first-order chi connectivity index (χ1) is 8.95. The summed E-state index contributed by atoms with van der Waals surface area (Å²) in [6.45, 7) is 1.82. The summed E-state index contributed by atoms with van der Waals surface area (Å²) in [4.78, 5) is 22.6. The Labute approximate surface area is 115 Å². The summed E-state index contributed by atoms with van der Waals surface area (Å²) in [5.41, 5.74) is 0.0716. The van der Waals surface area contributed by atoms with E-state index in [-0.39, 0.29) is 17.0 Å². The zero-order valence-corrected chi connectivity index (χ0v) is 11.2. The zero-order chi connectivity index (χ0) is 14.4. The van der Waals surface area contributed by atoms with Crippen LogP contribution in [0.25, 0.3) is 0 Å². The first-order valence-electron chi connectivity index (χ1n) is 5.90. The second kappa shape index (κ2) is 7.09. The van der Waals surface area contributed by atoms with Crippen LogP contribution in [0.3, 0.4) is 0 Å². The van der Waals surface area contributed by atoms with Gasteiger partial charge in [0, 0.05) is 10.6 Å². The Morgan fingerprint density at radius 1 is 1.47 bits per heavy atom. The Morgan fingerprint density at radius 3 is 2.68 bits per heavy atom. The largest absolute Gasteiger partial charge is 0.480 e. The van der Waals surface area contributed by atoms with Gasteiger partial charge in [0.05, 0.1) is 6.42 Å². The number of halogens is 2. The van der Waals surface area contributed by atoms with E-state index in [2.05, 4.69) is 5.32 Å². The first-order valence-corrected chi connectivity index (χ1v) is 6.28. The number of amides is 1. The minimum absolute atomic E-state index is 0.0716. The van der Waals surface area contributed by atoms with Gasteiger partial charge in [-0.3, -0.25) is 4.79 Å². The molecule has 1 unspecified atom stereocenters. The second-order valence-corrected chi connectivity index (χ2v) is 4.53. The van der Waals surface area contributed by atoms with Crippen molar-refractivity contribution < 1.29 is 19.1 Å². The average Bonchev–Trinajstić information content (AvgIpc) is 2.33. The molecular weight excluding hydrogens is 273 g/mol. The molecule has 0 heterocycles. The van der Waals surface area contributed by atoms with Crippen molar-refractivity contribution in [1.82, 2.24) is 5.32 Å². The van der Waals surface area contributed by atoms with Crippen LogP contribution >= 0.6 is 11.6 Å². The van der Waals surface area contributed by atoms with Gasteiger partial charge in [0.15, 0.2) is 0 Å². The van der Waals surface area contributed by atoms with E-state index in [0.29, 0.717) is 12.8 Å². The summed E-state index contributed by atoms with van der Waals surface area (Å²) in [7, 11) is 0. The number of benzene rings is 1. The minimum atomic E-state index is -1.10. The Kier molecular flexibility index (Phi) is 5.76. The number of nitrogens with one attached hydrogen (secondary N) is 1. The molecule has 4 nitrogen and oxygen atoms in total. The van der Waals surface area contributed by atoms with Gasteiger partial charge < -0.3 is 10.4 Å². The number of carboxylic acid groups (broad SMARTS) is 1. The van der Waals surface area contributed by atoms with E-state index < -0.39 is 23.7 Å². The molecule has 2 N–H and O–H groups in total. The van der Waals surface area contributed by atoms with Crippen LogP contribution in [0, 0.1) is 5.82 Å². The van der Waals surface area contributed by atoms with Crippen molar-refractivity contribution in [3.8, 4) is 0 Å². The van der Waals surface area contributed by atoms with E-state index in [1.54, 1.807) is 0 Å². The van der Waals surface area contributed by atoms with Gasteiger partial charge in [0.1, 0.15) is 11.9 Å². The van der Waals surface area contributed by atoms with Crippen LogP contribution in [-0.4, -0.2) is 23.0 Å². The molecular formula is C13H15ClFNO3. The van der Waals surface area contributed by atoms with Gasteiger partial charge >= 0.3 is 5.97 Å². The van der Waals surface area contributed by atoms with Crippen molar-refractivity contribution in [2.75, 3.05) is 0 Å². The lowest BCUT2D eigenvalue weighted by molar-refractivity contribution is -0.141. The lowest BCUT2D eigenvalue weighted by Gasteiger charge is -2.14. The van der Waals surface area contributed by atoms with Gasteiger partial charge in [0.25, 0.3) is 0 Å². The van der Waals surface area contributed by atoms with Crippen molar-refractivity contribution in [3.05, 3.63) is 34.6 Å². The smallest absolute Gasteiger partial charge is 0.326 e. The summed E-state index contributed by atoms with van der Waals surface area (Å²) in [5.74, 6) is -2.24. The molecule has 1 aromatic rings. The zero-order valence-electron chi connectivity index (χ0n) is 10.5. The molecule has 1 atom stereocenters. The maximum Gasteiger partial charge on any atom is 0.326 e. The molecule has 0 fully saturated rings. The molecule has 0 aromatic heterocycles. The van der Waals surface area contributed by atoms with Crippen LogP contribution in [0.15, 0.2) is 18.2 Å². The van der Waals surface area contributed by atoms with E-state index in [4.69, 9.17) is 16.7 Å². The molecule has 0 bridgehead atoms. The summed E-state index contributed by atoms with van der Waals surface area (Å²) in [6.07, 6.45) is 0.669. The molecule has 19 heavy (non-hydrogen) atoms. The molecule has 0 saturated carbocycles. The lowest BCUT2D eigenvalue weighted by Crippen LogP contribution is -2.41. The SMILES string of the molecule is CCCC(NC(=O)Cc1c(F)cccc1Cl)C(=O)O. The van der Waals surface area contributed by atoms with E-state index in [9.17, 15) is 14.0 Å². The predicted molar refractivity (Wildman–Crippen MR) is 69.6 cm³/mol. The second-order valence-electron chi connectivity index (χ2n) is 4.12. The third kappa shape index (κ3) is 4.52. The molecule has 1 aromatic carbocycles. The molecule has 0 radical (unpaired) electrons. The summed E-state index contributed by atoms with van der Waals surface area (Å²) < 4.78 is 13.5. The Bertz CT molecular complexity index is 459. The van der Waals surface area contributed by atoms with Gasteiger partial charge in [-0.2, -0.15) is 0 Å². The van der Waals surface area contributed by atoms with Crippen LogP contribution in [0.1, 0.15) is 25.3 Å². The van der Waals surface area contributed by atoms with Crippen molar-refractivity contribution in [3.63, 3.8) is 0 Å². The normalized spacial score (nSPS) is 11.9. The molecule has 0 spiro atoms. The van der Waals surface area contributed by atoms with Gasteiger partial charge in [-0.05, 0) is 18.6 Å². The summed E-state index contributed by atoms with van der Waals surface area (Å²) in [6, 6.07) is 3.17. The molecule has 1 amide bonds. The maximum atomic E-state index is 13.5. The highest BCUT2D eigenvalue weighted by molar-refractivity contribution is 6.31. The molecule has 0 saturated heterocycles. The quantitative estimate of drug-likeness (QED) is 0.844. The lowest BCUT2D eigenvalue weighted by atomic mass is 10.1. The van der Waals surface area contributed by atoms with Crippen LogP contribution in [-0.2, 0) is 16.0 Å². The Hall–Kier alpha value is -1.62. The Morgan fingerprint density at radius 2 is 2.16 bits per heavy atom. The fourth-order valence-corrected chi connectivity index (χ4v) is 1.88. The highest BCUT2D eigenvalue weighted by atomic mass is 35.5. The van der Waals surface area contributed by atoms with E-state index >= 15 is 0 Å². The van der Waals surface area contributed by atoms with E-state index in [0.717, 1.165) is 0 Å². The third-order valence-corrected chi connectivity index (χ3v) is 2.96. The van der Waals surface area contributed by atoms with E-state index in [1.807, 2.05) is 6.92 Å². The molecule has 6 heteroatoms. The number of carboxylic acids is 1. The van der Waals surface area contributed by atoms with Crippen LogP contribution < -0.4 is 5.32 Å². The van der Waals surface area contributed by atoms with Gasteiger partial charge in [0.2, 0.25) is 5.91 Å². The monoisotopic (exact) mass is 287 g/mol. The number of hydrogen-bond acceptors (Lipinski definition) is 2. The predicted octanol–water partition coefficient (Wildman–Crippen LogP) is 2.39. The molecule has 0 aliphatic rings. The number of carbonyl (C=O) groups excluding carboxylic acids is 1. The number of carbonyl (C=O) groups is 2. The molecule has 104 valence electrons. The minimum Gasteiger partial charge on any atom is -0.480 e. The van der Waals surface area contributed by atoms with Crippen molar-refractivity contribution in [1.29, 1.82) is 0 Å². The highest BCUT2D eigenvalue weighted by Crippen LogP contribution is 2.19. The topological polar surface area (TPSA) is 66.4 Å². The van der Waals surface area contributed by atoms with Crippen molar-refractivity contribution in [2.24, 2.45) is 0 Å². The van der Waals surface area contributed by atoms with Gasteiger partial charge in [-0.15, -0.1) is 0 Å². The van der Waals surface area contributed by atoms with Gasteiger partial charge in [-0.1, -0.05) is 31.0 Å². The molecule has 0 aliphatic heterocycles. The van der Waals surface area contributed by atoms with Crippen molar-refractivity contribution >= 4 is 23.5 Å².